The number of nitro groups is 1. The zero-order chi connectivity index (χ0) is 12.7. The summed E-state index contributed by atoms with van der Waals surface area (Å²) in [7, 11) is 0. The van der Waals surface area contributed by atoms with Gasteiger partial charge in [-0.05, 0) is 19.1 Å². The highest BCUT2D eigenvalue weighted by Gasteiger charge is 2.11. The van der Waals surface area contributed by atoms with Crippen LogP contribution in [0, 0.1) is 17.0 Å². The van der Waals surface area contributed by atoms with E-state index in [9.17, 15) is 10.1 Å². The minimum atomic E-state index is -0.424. The van der Waals surface area contributed by atoms with Crippen molar-refractivity contribution in [3.05, 3.63) is 40.2 Å². The first-order valence-electron chi connectivity index (χ1n) is 5.09. The molecule has 18 heavy (non-hydrogen) atoms. The maximum Gasteiger partial charge on any atom is 0.269 e. The Labute approximate surface area is 105 Å². The molecule has 0 bridgehead atoms. The summed E-state index contributed by atoms with van der Waals surface area (Å²) in [4.78, 5) is 10.8. The Bertz CT molecular complexity index is 730. The number of benzene rings is 1. The smallest absolute Gasteiger partial charge is 0.258 e. The number of nitro benzene ring substituents is 1. The molecule has 0 saturated carbocycles. The van der Waals surface area contributed by atoms with E-state index in [1.54, 1.807) is 16.6 Å². The van der Waals surface area contributed by atoms with Gasteiger partial charge < -0.3 is 0 Å². The van der Waals surface area contributed by atoms with E-state index in [4.69, 9.17) is 0 Å². The molecule has 0 radical (unpaired) electrons. The fourth-order valence-electron chi connectivity index (χ4n) is 1.56. The molecule has 0 aliphatic heterocycles. The Morgan fingerprint density at radius 1 is 1.28 bits per heavy atom. The van der Waals surface area contributed by atoms with Crippen molar-refractivity contribution in [3.63, 3.8) is 0 Å². The molecule has 3 rings (SSSR count). The van der Waals surface area contributed by atoms with Crippen molar-refractivity contribution in [3.8, 4) is 10.6 Å². The Morgan fingerprint density at radius 3 is 2.61 bits per heavy atom. The molecule has 8 heteroatoms. The summed E-state index contributed by atoms with van der Waals surface area (Å²) in [6.07, 6.45) is 0. The average Bonchev–Trinajstić information content (AvgIpc) is 2.92. The lowest BCUT2D eigenvalue weighted by atomic mass is 10.2. The van der Waals surface area contributed by atoms with Gasteiger partial charge in [-0.3, -0.25) is 10.1 Å². The van der Waals surface area contributed by atoms with Gasteiger partial charge in [-0.15, -0.1) is 10.2 Å². The molecular weight excluding hydrogens is 254 g/mol. The van der Waals surface area contributed by atoms with Crippen LogP contribution in [-0.2, 0) is 0 Å². The molecule has 90 valence electrons. The summed E-state index contributed by atoms with van der Waals surface area (Å²) in [5, 5.41) is 23.6. The molecule has 7 nitrogen and oxygen atoms in total. The van der Waals surface area contributed by atoms with Crippen LogP contribution in [0.2, 0.25) is 0 Å². The molecule has 1 aromatic carbocycles. The van der Waals surface area contributed by atoms with Crippen LogP contribution >= 0.6 is 11.3 Å². The van der Waals surface area contributed by atoms with E-state index in [-0.39, 0.29) is 5.69 Å². The number of fused-ring (bicyclic) bond motifs is 1. The number of non-ortho nitro benzene ring substituents is 1. The quantitative estimate of drug-likeness (QED) is 0.520. The van der Waals surface area contributed by atoms with Crippen LogP contribution in [-0.4, -0.2) is 24.7 Å². The molecule has 0 fully saturated rings. The predicted octanol–water partition coefficient (Wildman–Crippen LogP) is 2.07. The molecular formula is C10H7N5O2S. The Hall–Kier alpha value is -2.35. The lowest BCUT2D eigenvalue weighted by Crippen LogP contribution is -1.89. The first-order chi connectivity index (χ1) is 8.65. The van der Waals surface area contributed by atoms with Gasteiger partial charge in [0, 0.05) is 17.7 Å². The summed E-state index contributed by atoms with van der Waals surface area (Å²) < 4.78 is 1.65. The zero-order valence-corrected chi connectivity index (χ0v) is 10.1. The molecule has 0 aliphatic rings. The number of nitrogens with zero attached hydrogens (tertiary/aromatic N) is 5. The van der Waals surface area contributed by atoms with Crippen molar-refractivity contribution < 1.29 is 4.92 Å². The normalized spacial score (nSPS) is 10.9. The molecule has 0 unspecified atom stereocenters. The number of aryl methyl sites for hydroxylation is 1. The van der Waals surface area contributed by atoms with Crippen LogP contribution < -0.4 is 0 Å². The number of aromatic nitrogens is 4. The molecule has 0 saturated heterocycles. The largest absolute Gasteiger partial charge is 0.269 e. The minimum absolute atomic E-state index is 0.0675. The van der Waals surface area contributed by atoms with E-state index in [1.807, 2.05) is 6.92 Å². The van der Waals surface area contributed by atoms with Crippen molar-refractivity contribution in [2.45, 2.75) is 6.92 Å². The second-order valence-electron chi connectivity index (χ2n) is 3.65. The third-order valence-corrected chi connectivity index (χ3v) is 3.42. The summed E-state index contributed by atoms with van der Waals surface area (Å²) in [6.45, 7) is 1.82. The van der Waals surface area contributed by atoms with Gasteiger partial charge in [0.15, 0.2) is 5.82 Å². The average molecular weight is 261 g/mol. The Balaban J connectivity index is 2.05. The van der Waals surface area contributed by atoms with Gasteiger partial charge in [0.05, 0.1) is 4.92 Å². The van der Waals surface area contributed by atoms with Gasteiger partial charge in [-0.25, -0.2) is 0 Å². The highest BCUT2D eigenvalue weighted by atomic mass is 32.1. The van der Waals surface area contributed by atoms with E-state index in [1.165, 1.54) is 23.5 Å². The second-order valence-corrected chi connectivity index (χ2v) is 4.61. The Kier molecular flexibility index (Phi) is 2.30. The third kappa shape index (κ3) is 1.63. The topological polar surface area (TPSA) is 86.2 Å². The van der Waals surface area contributed by atoms with Gasteiger partial charge in [0.1, 0.15) is 5.01 Å². The molecule has 2 heterocycles. The van der Waals surface area contributed by atoms with E-state index < -0.39 is 4.92 Å². The van der Waals surface area contributed by atoms with Gasteiger partial charge in [0.2, 0.25) is 4.96 Å². The maximum absolute atomic E-state index is 10.6. The van der Waals surface area contributed by atoms with Gasteiger partial charge in [0.25, 0.3) is 5.69 Å². The van der Waals surface area contributed by atoms with Gasteiger partial charge >= 0.3 is 0 Å². The molecule has 0 spiro atoms. The lowest BCUT2D eigenvalue weighted by Gasteiger charge is -1.94. The maximum atomic E-state index is 10.6. The Morgan fingerprint density at radius 2 is 2.00 bits per heavy atom. The lowest BCUT2D eigenvalue weighted by molar-refractivity contribution is -0.384. The summed E-state index contributed by atoms with van der Waals surface area (Å²) in [5.41, 5.74) is 0.897. The molecule has 3 aromatic rings. The molecule has 0 N–H and O–H groups in total. The van der Waals surface area contributed by atoms with E-state index >= 15 is 0 Å². The van der Waals surface area contributed by atoms with Gasteiger partial charge in [-0.2, -0.15) is 9.61 Å². The van der Waals surface area contributed by atoms with Crippen LogP contribution in [0.5, 0.6) is 0 Å². The highest BCUT2D eigenvalue weighted by Crippen LogP contribution is 2.26. The van der Waals surface area contributed by atoms with Crippen molar-refractivity contribution in [2.75, 3.05) is 0 Å². The minimum Gasteiger partial charge on any atom is -0.258 e. The van der Waals surface area contributed by atoms with E-state index in [0.717, 1.165) is 16.4 Å². The zero-order valence-electron chi connectivity index (χ0n) is 9.27. The highest BCUT2D eigenvalue weighted by molar-refractivity contribution is 7.19. The molecule has 0 amide bonds. The van der Waals surface area contributed by atoms with E-state index in [0.29, 0.717) is 4.96 Å². The molecule has 2 aromatic heterocycles. The van der Waals surface area contributed by atoms with Crippen LogP contribution in [0.15, 0.2) is 24.3 Å². The summed E-state index contributed by atoms with van der Waals surface area (Å²) >= 11 is 1.39. The van der Waals surface area contributed by atoms with Crippen LogP contribution in [0.3, 0.4) is 0 Å². The fourth-order valence-corrected chi connectivity index (χ4v) is 2.45. The van der Waals surface area contributed by atoms with Crippen molar-refractivity contribution in [1.82, 2.24) is 19.8 Å². The fraction of sp³-hybridized carbons (Fsp3) is 0.100. The predicted molar refractivity (Wildman–Crippen MR) is 65.5 cm³/mol. The third-order valence-electron chi connectivity index (χ3n) is 2.47. The summed E-state index contributed by atoms with van der Waals surface area (Å²) in [6, 6.07) is 6.29. The number of hydrogen-bond donors (Lipinski definition) is 0. The van der Waals surface area contributed by atoms with Crippen LogP contribution in [0.25, 0.3) is 15.5 Å². The molecule has 0 aliphatic carbocycles. The standard InChI is InChI=1S/C10H7N5O2S/c1-6-11-12-10-14(6)13-9(18-10)7-2-4-8(5-3-7)15(16)17/h2-5H,1H3. The molecule has 0 atom stereocenters. The van der Waals surface area contributed by atoms with Crippen LogP contribution in [0.1, 0.15) is 5.82 Å². The number of rotatable bonds is 2. The van der Waals surface area contributed by atoms with Crippen molar-refractivity contribution in [1.29, 1.82) is 0 Å². The second kappa shape index (κ2) is 3.84. The van der Waals surface area contributed by atoms with Gasteiger partial charge in [-0.1, -0.05) is 11.3 Å². The van der Waals surface area contributed by atoms with Crippen molar-refractivity contribution >= 4 is 22.0 Å². The first kappa shape index (κ1) is 10.8. The number of hydrogen-bond acceptors (Lipinski definition) is 6. The van der Waals surface area contributed by atoms with Crippen LogP contribution in [0.4, 0.5) is 5.69 Å². The first-order valence-corrected chi connectivity index (χ1v) is 5.90. The SMILES string of the molecule is Cc1nnc2sc(-c3ccc([N+](=O)[O-])cc3)nn12. The summed E-state index contributed by atoms with van der Waals surface area (Å²) in [5.74, 6) is 0.717. The van der Waals surface area contributed by atoms with Crippen molar-refractivity contribution in [2.24, 2.45) is 0 Å². The van der Waals surface area contributed by atoms with E-state index in [2.05, 4.69) is 15.3 Å². The monoisotopic (exact) mass is 261 g/mol.